The van der Waals surface area contributed by atoms with E-state index in [9.17, 15) is 4.79 Å². The van der Waals surface area contributed by atoms with Crippen LogP contribution in [0.1, 0.15) is 41.6 Å². The Kier molecular flexibility index (Phi) is 5.51. The molecule has 27 heavy (non-hydrogen) atoms. The zero-order valence-electron chi connectivity index (χ0n) is 15.7. The second-order valence-electron chi connectivity index (χ2n) is 8.06. The smallest absolute Gasteiger partial charge is 0.253 e. The van der Waals surface area contributed by atoms with E-state index in [4.69, 9.17) is 11.6 Å². The number of amides is 1. The first-order chi connectivity index (χ1) is 13.1. The Morgan fingerprint density at radius 3 is 2.22 bits per heavy atom. The van der Waals surface area contributed by atoms with E-state index < -0.39 is 0 Å². The molecule has 0 N–H and O–H groups in total. The van der Waals surface area contributed by atoms with Gasteiger partial charge in [-0.15, -0.1) is 0 Å². The van der Waals surface area contributed by atoms with E-state index in [0.717, 1.165) is 45.6 Å². The highest BCUT2D eigenvalue weighted by atomic mass is 35.5. The Morgan fingerprint density at radius 2 is 1.56 bits per heavy atom. The molecule has 2 saturated heterocycles. The van der Waals surface area contributed by atoms with Crippen molar-refractivity contribution in [3.8, 4) is 0 Å². The molecule has 0 saturated carbocycles. The molecule has 2 aliphatic rings. The van der Waals surface area contributed by atoms with Crippen LogP contribution in [0.3, 0.4) is 0 Å². The molecule has 2 heterocycles. The molecule has 2 fully saturated rings. The quantitative estimate of drug-likeness (QED) is 0.756. The van der Waals surface area contributed by atoms with Gasteiger partial charge >= 0.3 is 0 Å². The van der Waals surface area contributed by atoms with E-state index in [2.05, 4.69) is 35.2 Å². The predicted molar refractivity (Wildman–Crippen MR) is 110 cm³/mol. The molecule has 2 aromatic rings. The maximum atomic E-state index is 12.7. The number of rotatable bonds is 3. The summed E-state index contributed by atoms with van der Waals surface area (Å²) in [7, 11) is 0. The largest absolute Gasteiger partial charge is 0.339 e. The molecule has 0 atom stereocenters. The minimum Gasteiger partial charge on any atom is -0.339 e. The van der Waals surface area contributed by atoms with Crippen LogP contribution in [0.5, 0.6) is 0 Å². The van der Waals surface area contributed by atoms with Crippen LogP contribution in [0.25, 0.3) is 0 Å². The summed E-state index contributed by atoms with van der Waals surface area (Å²) in [6.45, 7) is 5.11. The van der Waals surface area contributed by atoms with Crippen molar-refractivity contribution in [2.45, 2.75) is 32.2 Å². The number of halogens is 1. The van der Waals surface area contributed by atoms with Crippen molar-refractivity contribution in [3.05, 3.63) is 70.7 Å². The van der Waals surface area contributed by atoms with Crippen molar-refractivity contribution < 1.29 is 4.79 Å². The van der Waals surface area contributed by atoms with Gasteiger partial charge in [-0.25, -0.2) is 0 Å². The van der Waals surface area contributed by atoms with Crippen LogP contribution in [-0.2, 0) is 6.54 Å². The Bertz CT molecular complexity index is 774. The first-order valence-corrected chi connectivity index (χ1v) is 10.3. The summed E-state index contributed by atoms with van der Waals surface area (Å²) in [6.07, 6.45) is 4.75. The van der Waals surface area contributed by atoms with Crippen molar-refractivity contribution in [1.29, 1.82) is 0 Å². The molecule has 2 aliphatic heterocycles. The number of piperidine rings is 2. The average Bonchev–Trinajstić information content (AvgIpc) is 2.71. The number of hydrogen-bond acceptors (Lipinski definition) is 2. The van der Waals surface area contributed by atoms with Crippen LogP contribution in [0.15, 0.2) is 54.6 Å². The van der Waals surface area contributed by atoms with Crippen molar-refractivity contribution in [2.24, 2.45) is 5.41 Å². The number of carbonyl (C=O) groups is 1. The Hall–Kier alpha value is -1.84. The Morgan fingerprint density at radius 1 is 0.889 bits per heavy atom. The number of hydrogen-bond donors (Lipinski definition) is 0. The zero-order valence-corrected chi connectivity index (χ0v) is 16.5. The number of likely N-dealkylation sites (tertiary alicyclic amines) is 2. The second-order valence-corrected chi connectivity index (χ2v) is 8.50. The molecule has 0 aliphatic carbocycles. The third-order valence-electron chi connectivity index (χ3n) is 6.35. The van der Waals surface area contributed by atoms with Crippen LogP contribution in [-0.4, -0.2) is 41.9 Å². The maximum absolute atomic E-state index is 12.7. The normalized spacial score (nSPS) is 20.0. The second kappa shape index (κ2) is 8.04. The van der Waals surface area contributed by atoms with Crippen molar-refractivity contribution in [2.75, 3.05) is 26.2 Å². The average molecular weight is 383 g/mol. The van der Waals surface area contributed by atoms with E-state index in [1.807, 2.05) is 23.1 Å². The van der Waals surface area contributed by atoms with Gasteiger partial charge in [0.1, 0.15) is 0 Å². The molecule has 2 aromatic carbocycles. The molecular weight excluding hydrogens is 356 g/mol. The van der Waals surface area contributed by atoms with Crippen molar-refractivity contribution in [1.82, 2.24) is 9.80 Å². The van der Waals surface area contributed by atoms with Crippen LogP contribution in [0.2, 0.25) is 5.02 Å². The molecule has 0 bridgehead atoms. The van der Waals surface area contributed by atoms with Crippen LogP contribution < -0.4 is 0 Å². The lowest BCUT2D eigenvalue weighted by atomic mass is 9.71. The highest BCUT2D eigenvalue weighted by Crippen LogP contribution is 2.41. The van der Waals surface area contributed by atoms with Gasteiger partial charge in [-0.05, 0) is 68.0 Å². The van der Waals surface area contributed by atoms with Crippen molar-refractivity contribution >= 4 is 17.5 Å². The first-order valence-electron chi connectivity index (χ1n) is 9.95. The van der Waals surface area contributed by atoms with E-state index in [1.165, 1.54) is 18.4 Å². The zero-order chi connectivity index (χ0) is 18.7. The fraction of sp³-hybridized carbons (Fsp3) is 0.435. The van der Waals surface area contributed by atoms with Gasteiger partial charge in [0.2, 0.25) is 0 Å². The van der Waals surface area contributed by atoms with Gasteiger partial charge in [-0.3, -0.25) is 9.69 Å². The van der Waals surface area contributed by atoms with Gasteiger partial charge in [0.25, 0.3) is 5.91 Å². The lowest BCUT2D eigenvalue weighted by Crippen LogP contribution is -2.48. The fourth-order valence-corrected chi connectivity index (χ4v) is 4.71. The Labute approximate surface area is 166 Å². The molecule has 0 aromatic heterocycles. The number of nitrogens with zero attached hydrogens (tertiary/aromatic N) is 2. The van der Waals surface area contributed by atoms with Gasteiger partial charge in [-0.2, -0.15) is 0 Å². The highest BCUT2D eigenvalue weighted by Gasteiger charge is 2.38. The summed E-state index contributed by atoms with van der Waals surface area (Å²) in [5.41, 5.74) is 2.53. The maximum Gasteiger partial charge on any atom is 0.253 e. The van der Waals surface area contributed by atoms with Gasteiger partial charge in [0.05, 0.1) is 0 Å². The molecule has 142 valence electrons. The standard InChI is InChI=1S/C23H27ClN2O/c24-21-8-4-7-20(17-21)22(27)26-15-11-23(12-16-26)9-13-25(14-10-23)18-19-5-2-1-3-6-19/h1-8,17H,9-16,18H2. The van der Waals surface area contributed by atoms with Crippen LogP contribution in [0, 0.1) is 5.41 Å². The molecule has 1 amide bonds. The van der Waals surface area contributed by atoms with Crippen LogP contribution in [0.4, 0.5) is 0 Å². The van der Waals surface area contributed by atoms with Gasteiger partial charge < -0.3 is 4.90 Å². The van der Waals surface area contributed by atoms with Gasteiger partial charge in [0, 0.05) is 30.2 Å². The summed E-state index contributed by atoms with van der Waals surface area (Å²) in [5, 5.41) is 0.625. The third kappa shape index (κ3) is 4.36. The van der Waals surface area contributed by atoms with E-state index in [-0.39, 0.29) is 5.91 Å². The number of carbonyl (C=O) groups excluding carboxylic acids is 1. The minimum absolute atomic E-state index is 0.119. The molecule has 4 heteroatoms. The summed E-state index contributed by atoms with van der Waals surface area (Å²) in [6, 6.07) is 18.0. The molecule has 4 rings (SSSR count). The minimum atomic E-state index is 0.119. The third-order valence-corrected chi connectivity index (χ3v) is 6.58. The van der Waals surface area contributed by atoms with E-state index in [0.29, 0.717) is 16.0 Å². The highest BCUT2D eigenvalue weighted by molar-refractivity contribution is 6.30. The first kappa shape index (κ1) is 18.5. The van der Waals surface area contributed by atoms with Gasteiger partial charge in [-0.1, -0.05) is 48.0 Å². The summed E-state index contributed by atoms with van der Waals surface area (Å²) in [5.74, 6) is 0.119. The predicted octanol–water partition coefficient (Wildman–Crippen LogP) is 4.86. The topological polar surface area (TPSA) is 23.6 Å². The van der Waals surface area contributed by atoms with Crippen LogP contribution >= 0.6 is 11.6 Å². The molecular formula is C23H27ClN2O. The van der Waals surface area contributed by atoms with E-state index >= 15 is 0 Å². The van der Waals surface area contributed by atoms with Crippen molar-refractivity contribution in [3.63, 3.8) is 0 Å². The van der Waals surface area contributed by atoms with E-state index in [1.54, 1.807) is 6.07 Å². The lowest BCUT2D eigenvalue weighted by molar-refractivity contribution is 0.0285. The number of benzene rings is 2. The summed E-state index contributed by atoms with van der Waals surface area (Å²) >= 11 is 6.04. The Balaban J connectivity index is 1.30. The monoisotopic (exact) mass is 382 g/mol. The molecule has 3 nitrogen and oxygen atoms in total. The van der Waals surface area contributed by atoms with Gasteiger partial charge in [0.15, 0.2) is 0 Å². The molecule has 0 radical (unpaired) electrons. The fourth-order valence-electron chi connectivity index (χ4n) is 4.52. The lowest BCUT2D eigenvalue weighted by Gasteiger charge is -2.47. The SMILES string of the molecule is O=C(c1cccc(Cl)c1)N1CCC2(CCN(Cc3ccccc3)CC2)CC1. The summed E-state index contributed by atoms with van der Waals surface area (Å²) < 4.78 is 0. The molecule has 1 spiro atoms. The summed E-state index contributed by atoms with van der Waals surface area (Å²) in [4.78, 5) is 17.3. The molecule has 0 unspecified atom stereocenters.